The van der Waals surface area contributed by atoms with E-state index >= 15 is 0 Å². The van der Waals surface area contributed by atoms with Crippen LogP contribution in [0.25, 0.3) is 11.3 Å². The first-order chi connectivity index (χ1) is 14.6. The number of primary sulfonamides is 1. The molecule has 2 aromatic carbocycles. The second-order valence-corrected chi connectivity index (χ2v) is 8.72. The first-order valence-corrected chi connectivity index (χ1v) is 11.0. The summed E-state index contributed by atoms with van der Waals surface area (Å²) in [6, 6.07) is 13.9. The van der Waals surface area contributed by atoms with Crippen molar-refractivity contribution in [3.05, 3.63) is 76.0 Å². The minimum absolute atomic E-state index is 0.0388. The number of carbonyl (C=O) groups is 2. The van der Waals surface area contributed by atoms with E-state index in [1.807, 2.05) is 0 Å². The second-order valence-electron chi connectivity index (χ2n) is 6.31. The van der Waals surface area contributed by atoms with Crippen molar-refractivity contribution >= 4 is 45.1 Å². The number of ether oxygens (including phenoxy) is 1. The highest BCUT2D eigenvalue weighted by molar-refractivity contribution is 7.89. The van der Waals surface area contributed by atoms with Gasteiger partial charge in [-0.2, -0.15) is 0 Å². The molecular weight excluding hydrogens is 467 g/mol. The van der Waals surface area contributed by atoms with Crippen LogP contribution in [0.1, 0.15) is 16.1 Å². The van der Waals surface area contributed by atoms with Gasteiger partial charge in [-0.15, -0.1) is 0 Å². The summed E-state index contributed by atoms with van der Waals surface area (Å²) in [7, 11) is -4.03. The summed E-state index contributed by atoms with van der Waals surface area (Å²) in [4.78, 5) is 23.8. The largest absolute Gasteiger partial charge is 0.459 e. The van der Waals surface area contributed by atoms with Crippen LogP contribution in [0.15, 0.2) is 63.9 Å². The van der Waals surface area contributed by atoms with Gasteiger partial charge in [0.25, 0.3) is 5.91 Å². The zero-order valence-electron chi connectivity index (χ0n) is 15.8. The number of sulfonamides is 1. The lowest BCUT2D eigenvalue weighted by molar-refractivity contribution is -0.124. The summed E-state index contributed by atoms with van der Waals surface area (Å²) in [5.74, 6) is -0.449. The van der Waals surface area contributed by atoms with E-state index in [2.05, 4.69) is 5.32 Å². The smallest absolute Gasteiger partial charge is 0.340 e. The number of amides is 1. The number of esters is 1. The van der Waals surface area contributed by atoms with Gasteiger partial charge in [-0.3, -0.25) is 4.79 Å². The SMILES string of the molecule is NS(=O)(=O)c1ccc(Cl)c(C(=O)OCC(=O)NCc2ccc(-c3ccc(Cl)cc3)o2)c1. The summed E-state index contributed by atoms with van der Waals surface area (Å²) in [5, 5.41) is 8.15. The number of furan rings is 1. The van der Waals surface area contributed by atoms with Gasteiger partial charge in [-0.05, 0) is 54.6 Å². The standard InChI is InChI=1S/C20H16Cl2N2O6S/c21-13-3-1-12(2-4-13)18-8-5-14(30-18)10-24-19(25)11-29-20(26)16-9-15(31(23,27)28)6-7-17(16)22/h1-9H,10-11H2,(H,24,25)(H2,23,27,28). The van der Waals surface area contributed by atoms with Gasteiger partial charge in [-0.25, -0.2) is 18.4 Å². The Morgan fingerprint density at radius 1 is 1.03 bits per heavy atom. The van der Waals surface area contributed by atoms with E-state index in [1.54, 1.807) is 36.4 Å². The third kappa shape index (κ3) is 6.08. The van der Waals surface area contributed by atoms with Crippen LogP contribution in [0.5, 0.6) is 0 Å². The summed E-state index contributed by atoms with van der Waals surface area (Å²) < 4.78 is 33.4. The molecule has 0 saturated heterocycles. The van der Waals surface area contributed by atoms with Gasteiger partial charge in [0.05, 0.1) is 22.0 Å². The van der Waals surface area contributed by atoms with Crippen molar-refractivity contribution in [1.82, 2.24) is 5.32 Å². The van der Waals surface area contributed by atoms with E-state index in [0.717, 1.165) is 17.7 Å². The minimum Gasteiger partial charge on any atom is -0.459 e. The average Bonchev–Trinajstić information content (AvgIpc) is 3.19. The number of rotatable bonds is 7. The van der Waals surface area contributed by atoms with Gasteiger partial charge < -0.3 is 14.5 Å². The van der Waals surface area contributed by atoms with E-state index in [0.29, 0.717) is 16.5 Å². The molecule has 1 aromatic heterocycles. The molecule has 1 amide bonds. The van der Waals surface area contributed by atoms with Crippen LogP contribution in [-0.4, -0.2) is 26.9 Å². The molecule has 31 heavy (non-hydrogen) atoms. The van der Waals surface area contributed by atoms with Crippen molar-refractivity contribution < 1.29 is 27.2 Å². The molecular formula is C20H16Cl2N2O6S. The fourth-order valence-electron chi connectivity index (χ4n) is 2.53. The highest BCUT2D eigenvalue weighted by Gasteiger charge is 2.18. The number of hydrogen-bond acceptors (Lipinski definition) is 6. The second kappa shape index (κ2) is 9.52. The topological polar surface area (TPSA) is 129 Å². The Labute approximate surface area is 187 Å². The van der Waals surface area contributed by atoms with Crippen LogP contribution in [0.2, 0.25) is 10.0 Å². The maximum Gasteiger partial charge on any atom is 0.340 e. The molecule has 3 aromatic rings. The van der Waals surface area contributed by atoms with Crippen LogP contribution in [0, 0.1) is 0 Å². The van der Waals surface area contributed by atoms with Crippen LogP contribution >= 0.6 is 23.2 Å². The fraction of sp³-hybridized carbons (Fsp3) is 0.100. The molecule has 0 bridgehead atoms. The molecule has 0 aliphatic heterocycles. The third-order valence-electron chi connectivity index (χ3n) is 4.07. The number of benzene rings is 2. The fourth-order valence-corrected chi connectivity index (χ4v) is 3.39. The third-order valence-corrected chi connectivity index (χ3v) is 5.56. The predicted molar refractivity (Wildman–Crippen MR) is 114 cm³/mol. The Kier molecular flexibility index (Phi) is 7.01. The van der Waals surface area contributed by atoms with Gasteiger partial charge in [-0.1, -0.05) is 23.2 Å². The van der Waals surface area contributed by atoms with Crippen molar-refractivity contribution in [2.24, 2.45) is 5.14 Å². The summed E-state index contributed by atoms with van der Waals surface area (Å²) in [6.07, 6.45) is 0. The summed E-state index contributed by atoms with van der Waals surface area (Å²) >= 11 is 11.8. The van der Waals surface area contributed by atoms with Crippen LogP contribution in [0.3, 0.4) is 0 Å². The Balaban J connectivity index is 1.54. The van der Waals surface area contributed by atoms with Gasteiger partial charge in [0.1, 0.15) is 11.5 Å². The molecule has 0 fully saturated rings. The van der Waals surface area contributed by atoms with Crippen molar-refractivity contribution in [1.29, 1.82) is 0 Å². The summed E-state index contributed by atoms with van der Waals surface area (Å²) in [6.45, 7) is -0.523. The van der Waals surface area contributed by atoms with E-state index in [9.17, 15) is 18.0 Å². The van der Waals surface area contributed by atoms with E-state index in [4.69, 9.17) is 37.5 Å². The monoisotopic (exact) mass is 482 g/mol. The maximum atomic E-state index is 12.2. The predicted octanol–water partition coefficient (Wildman–Crippen LogP) is 3.37. The molecule has 3 N–H and O–H groups in total. The van der Waals surface area contributed by atoms with Gasteiger partial charge >= 0.3 is 5.97 Å². The zero-order valence-corrected chi connectivity index (χ0v) is 18.1. The van der Waals surface area contributed by atoms with Crippen molar-refractivity contribution in [3.8, 4) is 11.3 Å². The number of nitrogens with two attached hydrogens (primary N) is 1. The highest BCUT2D eigenvalue weighted by atomic mass is 35.5. The highest BCUT2D eigenvalue weighted by Crippen LogP contribution is 2.24. The Morgan fingerprint density at radius 3 is 2.42 bits per heavy atom. The number of carbonyl (C=O) groups excluding carboxylic acids is 2. The molecule has 8 nitrogen and oxygen atoms in total. The molecule has 11 heteroatoms. The quantitative estimate of drug-likeness (QED) is 0.496. The first kappa shape index (κ1) is 22.8. The molecule has 0 aliphatic carbocycles. The van der Waals surface area contributed by atoms with Gasteiger partial charge in [0, 0.05) is 10.6 Å². The van der Waals surface area contributed by atoms with E-state index in [-0.39, 0.29) is 22.0 Å². The number of hydrogen-bond donors (Lipinski definition) is 2. The van der Waals surface area contributed by atoms with Crippen molar-refractivity contribution in [2.45, 2.75) is 11.4 Å². The molecule has 0 saturated carbocycles. The minimum atomic E-state index is -4.03. The molecule has 0 unspecified atom stereocenters. The number of halogens is 2. The lowest BCUT2D eigenvalue weighted by atomic mass is 10.2. The normalized spacial score (nSPS) is 11.2. The van der Waals surface area contributed by atoms with E-state index in [1.165, 1.54) is 6.07 Å². The average molecular weight is 483 g/mol. The molecule has 0 spiro atoms. The van der Waals surface area contributed by atoms with Crippen molar-refractivity contribution in [2.75, 3.05) is 6.61 Å². The van der Waals surface area contributed by atoms with Gasteiger partial charge in [0.15, 0.2) is 6.61 Å². The lowest BCUT2D eigenvalue weighted by Gasteiger charge is -2.08. The number of nitrogens with one attached hydrogen (secondary N) is 1. The Hall–Kier alpha value is -2.85. The Bertz CT molecular complexity index is 1220. The first-order valence-electron chi connectivity index (χ1n) is 8.74. The van der Waals surface area contributed by atoms with Crippen LogP contribution in [-0.2, 0) is 26.1 Å². The molecule has 1 heterocycles. The van der Waals surface area contributed by atoms with Gasteiger partial charge in [0.2, 0.25) is 10.0 Å². The molecule has 162 valence electrons. The lowest BCUT2D eigenvalue weighted by Crippen LogP contribution is -2.28. The van der Waals surface area contributed by atoms with Crippen molar-refractivity contribution in [3.63, 3.8) is 0 Å². The Morgan fingerprint density at radius 2 is 1.74 bits per heavy atom. The molecule has 3 rings (SSSR count). The molecule has 0 atom stereocenters. The zero-order chi connectivity index (χ0) is 22.6. The van der Waals surface area contributed by atoms with Crippen LogP contribution < -0.4 is 10.5 Å². The summed E-state index contributed by atoms with van der Waals surface area (Å²) in [5.41, 5.74) is 0.606. The van der Waals surface area contributed by atoms with Crippen LogP contribution in [0.4, 0.5) is 0 Å². The molecule has 0 radical (unpaired) electrons. The molecule has 0 aliphatic rings. The van der Waals surface area contributed by atoms with E-state index < -0.39 is 28.5 Å². The maximum absolute atomic E-state index is 12.2.